The monoisotopic (exact) mass is 304 g/mol. The molecule has 0 unspecified atom stereocenters. The fraction of sp³-hybridized carbons (Fsp3) is 0.133. The Morgan fingerprint density at radius 2 is 1.95 bits per heavy atom. The third kappa shape index (κ3) is 4.06. The lowest BCUT2D eigenvalue weighted by Crippen LogP contribution is -2.19. The molecule has 0 aliphatic carbocycles. The van der Waals surface area contributed by atoms with E-state index in [-0.39, 0.29) is 6.54 Å². The molecule has 4 nitrogen and oxygen atoms in total. The Labute approximate surface area is 125 Å². The van der Waals surface area contributed by atoms with Crippen molar-refractivity contribution in [3.05, 3.63) is 65.5 Å². The molecule has 1 aromatic carbocycles. The van der Waals surface area contributed by atoms with Crippen molar-refractivity contribution in [2.45, 2.75) is 12.7 Å². The third-order valence-corrected chi connectivity index (χ3v) is 2.81. The van der Waals surface area contributed by atoms with Crippen molar-refractivity contribution in [2.24, 2.45) is 4.99 Å². The molecule has 1 heterocycles. The molecule has 1 aromatic heterocycles. The number of pyridine rings is 1. The zero-order valence-corrected chi connectivity index (χ0v) is 11.3. The van der Waals surface area contributed by atoms with E-state index in [1.165, 1.54) is 18.3 Å². The quantitative estimate of drug-likeness (QED) is 0.410. The van der Waals surface area contributed by atoms with Gasteiger partial charge in [-0.2, -0.15) is 18.4 Å². The molecule has 0 bridgehead atoms. The van der Waals surface area contributed by atoms with E-state index in [1.807, 2.05) is 0 Å². The van der Waals surface area contributed by atoms with Gasteiger partial charge in [0.05, 0.1) is 12.1 Å². The minimum absolute atomic E-state index is 0.150. The average Bonchev–Trinajstić information content (AvgIpc) is 2.52. The molecule has 0 saturated carbocycles. The van der Waals surface area contributed by atoms with Crippen LogP contribution in [0.1, 0.15) is 16.7 Å². The molecule has 0 aliphatic heterocycles. The summed E-state index contributed by atoms with van der Waals surface area (Å²) in [6.45, 7) is 0.150. The van der Waals surface area contributed by atoms with Crippen LogP contribution in [0.5, 0.6) is 0 Å². The topological polar surface area (TPSA) is 61.1 Å². The van der Waals surface area contributed by atoms with Gasteiger partial charge in [-0.05, 0) is 29.8 Å². The van der Waals surface area contributed by atoms with Crippen molar-refractivity contribution < 1.29 is 13.2 Å². The van der Waals surface area contributed by atoms with Crippen molar-refractivity contribution in [1.82, 2.24) is 10.3 Å². The lowest BCUT2D eigenvalue weighted by atomic mass is 10.1. The molecule has 0 atom stereocenters. The Bertz CT molecular complexity index is 685. The van der Waals surface area contributed by atoms with E-state index in [2.05, 4.69) is 15.3 Å². The highest BCUT2D eigenvalue weighted by atomic mass is 19.4. The Hall–Kier alpha value is -2.88. The van der Waals surface area contributed by atoms with Gasteiger partial charge < -0.3 is 0 Å². The number of benzene rings is 1. The Kier molecular flexibility index (Phi) is 4.73. The van der Waals surface area contributed by atoms with Crippen LogP contribution in [0, 0.1) is 11.5 Å². The van der Waals surface area contributed by atoms with E-state index in [9.17, 15) is 13.2 Å². The molecule has 0 amide bonds. The number of alkyl halides is 3. The number of aromatic nitrogens is 1. The second kappa shape index (κ2) is 6.72. The third-order valence-electron chi connectivity index (χ3n) is 2.81. The van der Waals surface area contributed by atoms with Crippen molar-refractivity contribution in [2.75, 3.05) is 0 Å². The van der Waals surface area contributed by atoms with E-state index in [1.54, 1.807) is 24.5 Å². The lowest BCUT2D eigenvalue weighted by Gasteiger charge is -2.07. The summed E-state index contributed by atoms with van der Waals surface area (Å²) in [6, 6.07) is 8.16. The van der Waals surface area contributed by atoms with Gasteiger partial charge >= 0.3 is 6.18 Å². The van der Waals surface area contributed by atoms with Gasteiger partial charge in [-0.3, -0.25) is 15.3 Å². The van der Waals surface area contributed by atoms with Crippen LogP contribution in [0.2, 0.25) is 0 Å². The largest absolute Gasteiger partial charge is 0.416 e. The number of aliphatic imine (C=N–C) groups is 1. The van der Waals surface area contributed by atoms with Crippen LogP contribution in [-0.4, -0.2) is 10.8 Å². The average molecular weight is 304 g/mol. The molecule has 112 valence electrons. The number of amidine groups is 1. The molecule has 2 aromatic rings. The maximum atomic E-state index is 12.5. The summed E-state index contributed by atoms with van der Waals surface area (Å²) in [5.41, 5.74) is 0.521. The molecular weight excluding hydrogens is 293 g/mol. The van der Waals surface area contributed by atoms with Gasteiger partial charge in [0.15, 0.2) is 6.19 Å². The molecule has 0 radical (unpaired) electrons. The number of rotatable bonds is 3. The van der Waals surface area contributed by atoms with Crippen LogP contribution in [0.4, 0.5) is 13.2 Å². The minimum Gasteiger partial charge on any atom is -0.277 e. The second-order valence-corrected chi connectivity index (χ2v) is 4.34. The first-order chi connectivity index (χ1) is 10.5. The summed E-state index contributed by atoms with van der Waals surface area (Å²) < 4.78 is 37.4. The summed E-state index contributed by atoms with van der Waals surface area (Å²) in [4.78, 5) is 8.13. The van der Waals surface area contributed by atoms with Crippen LogP contribution in [0.25, 0.3) is 0 Å². The van der Waals surface area contributed by atoms with Gasteiger partial charge in [-0.25, -0.2) is 0 Å². The van der Waals surface area contributed by atoms with E-state index in [0.717, 1.165) is 12.1 Å². The molecular formula is C15H11F3N4. The Morgan fingerprint density at radius 1 is 1.23 bits per heavy atom. The molecule has 1 N–H and O–H groups in total. The van der Waals surface area contributed by atoms with Crippen LogP contribution >= 0.6 is 0 Å². The fourth-order valence-electron chi connectivity index (χ4n) is 1.73. The van der Waals surface area contributed by atoms with Crippen LogP contribution < -0.4 is 5.32 Å². The van der Waals surface area contributed by atoms with Gasteiger partial charge in [-0.1, -0.05) is 12.1 Å². The number of halogens is 3. The van der Waals surface area contributed by atoms with Crippen LogP contribution in [0.3, 0.4) is 0 Å². The van der Waals surface area contributed by atoms with E-state index >= 15 is 0 Å². The van der Waals surface area contributed by atoms with Crippen molar-refractivity contribution in [3.8, 4) is 6.19 Å². The van der Waals surface area contributed by atoms with Crippen molar-refractivity contribution in [3.63, 3.8) is 0 Å². The standard InChI is InChI=1S/C15H11F3N4/c16-15(17,18)13-5-3-11(4-6-13)8-21-14(22-10-19)12-2-1-7-20-9-12/h1-7,9H,8H2,(H,21,22). The smallest absolute Gasteiger partial charge is 0.277 e. The molecule has 0 fully saturated rings. The van der Waals surface area contributed by atoms with Gasteiger partial charge in [0.2, 0.25) is 0 Å². The molecule has 0 aliphatic rings. The summed E-state index contributed by atoms with van der Waals surface area (Å²) in [5.74, 6) is 0.315. The van der Waals surface area contributed by atoms with E-state index in [0.29, 0.717) is 17.0 Å². The van der Waals surface area contributed by atoms with Gasteiger partial charge in [-0.15, -0.1) is 0 Å². The van der Waals surface area contributed by atoms with Gasteiger partial charge in [0, 0.05) is 18.0 Å². The second-order valence-electron chi connectivity index (χ2n) is 4.34. The normalized spacial score (nSPS) is 11.8. The number of hydrogen-bond acceptors (Lipinski definition) is 3. The fourth-order valence-corrected chi connectivity index (χ4v) is 1.73. The maximum absolute atomic E-state index is 12.5. The number of nitrogens with zero attached hydrogens (tertiary/aromatic N) is 3. The summed E-state index contributed by atoms with van der Waals surface area (Å²) in [5, 5.41) is 11.2. The predicted molar refractivity (Wildman–Crippen MR) is 74.7 cm³/mol. The SMILES string of the molecule is N#CNC(=NCc1ccc(C(F)(F)F)cc1)c1cccnc1. The zero-order valence-electron chi connectivity index (χ0n) is 11.3. The van der Waals surface area contributed by atoms with Crippen LogP contribution in [0.15, 0.2) is 53.8 Å². The summed E-state index contributed by atoms with van der Waals surface area (Å²) >= 11 is 0. The highest BCUT2D eigenvalue weighted by molar-refractivity contribution is 5.99. The van der Waals surface area contributed by atoms with E-state index < -0.39 is 11.7 Å². The lowest BCUT2D eigenvalue weighted by molar-refractivity contribution is -0.137. The number of nitriles is 1. The molecule has 7 heteroatoms. The first-order valence-corrected chi connectivity index (χ1v) is 6.27. The van der Waals surface area contributed by atoms with Gasteiger partial charge in [0.1, 0.15) is 5.84 Å². The zero-order chi connectivity index (χ0) is 16.0. The van der Waals surface area contributed by atoms with Crippen LogP contribution in [-0.2, 0) is 12.7 Å². The molecule has 22 heavy (non-hydrogen) atoms. The highest BCUT2D eigenvalue weighted by Gasteiger charge is 2.29. The van der Waals surface area contributed by atoms with Gasteiger partial charge in [0.25, 0.3) is 0 Å². The number of nitrogens with one attached hydrogen (secondary N) is 1. The number of hydrogen-bond donors (Lipinski definition) is 1. The Morgan fingerprint density at radius 3 is 2.50 bits per heavy atom. The summed E-state index contributed by atoms with van der Waals surface area (Å²) in [7, 11) is 0. The van der Waals surface area contributed by atoms with Crippen molar-refractivity contribution >= 4 is 5.84 Å². The molecule has 0 saturated heterocycles. The predicted octanol–water partition coefficient (Wildman–Crippen LogP) is 3.12. The maximum Gasteiger partial charge on any atom is 0.416 e. The first-order valence-electron chi connectivity index (χ1n) is 6.27. The summed E-state index contributed by atoms with van der Waals surface area (Å²) in [6.07, 6.45) is 0.542. The molecule has 0 spiro atoms. The van der Waals surface area contributed by atoms with E-state index in [4.69, 9.17) is 5.26 Å². The Balaban J connectivity index is 2.16. The first kappa shape index (κ1) is 15.5. The molecule has 2 rings (SSSR count). The highest BCUT2D eigenvalue weighted by Crippen LogP contribution is 2.29. The van der Waals surface area contributed by atoms with Crippen molar-refractivity contribution in [1.29, 1.82) is 5.26 Å². The minimum atomic E-state index is -4.36.